The second-order valence-electron chi connectivity index (χ2n) is 9.42. The predicted molar refractivity (Wildman–Crippen MR) is 141 cm³/mol. The third-order valence-corrected chi connectivity index (χ3v) is 7.16. The first-order chi connectivity index (χ1) is 16.9. The van der Waals surface area contributed by atoms with Crippen LogP contribution in [0.4, 0.5) is 10.1 Å². The Balaban J connectivity index is 0.00000145. The highest BCUT2D eigenvalue weighted by molar-refractivity contribution is 7.90. The highest BCUT2D eigenvalue weighted by Gasteiger charge is 2.32. The lowest BCUT2D eigenvalue weighted by molar-refractivity contribution is -0.131. The van der Waals surface area contributed by atoms with Gasteiger partial charge < -0.3 is 15.5 Å². The summed E-state index contributed by atoms with van der Waals surface area (Å²) in [4.78, 5) is 26.9. The standard InChI is InChI=1S/C24H30FN3O4S.C3H8/c1-4-17-5-10-21(25)20(15-17)23(30)26-16-22(29)28-13-11-24(2,12-14-28)27-18-6-8-19(9-7-18)33(3,31)32;1-3-2/h5-10,15,27H,4,11-14,16H2,1-3H3,(H,26,30);3H2,1-2H3. The summed E-state index contributed by atoms with van der Waals surface area (Å²) in [6, 6.07) is 11.0. The molecule has 0 aliphatic carbocycles. The van der Waals surface area contributed by atoms with Crippen molar-refractivity contribution in [2.45, 2.75) is 63.8 Å². The molecule has 1 fully saturated rings. The Labute approximate surface area is 214 Å². The molecule has 9 heteroatoms. The fourth-order valence-electron chi connectivity index (χ4n) is 3.84. The van der Waals surface area contributed by atoms with E-state index in [1.807, 2.05) is 6.92 Å². The minimum absolute atomic E-state index is 0.0561. The molecule has 0 saturated carbocycles. The molecule has 2 amide bonds. The molecule has 0 spiro atoms. The van der Waals surface area contributed by atoms with Crippen molar-refractivity contribution >= 4 is 27.3 Å². The second-order valence-corrected chi connectivity index (χ2v) is 11.4. The number of nitrogens with zero attached hydrogens (tertiary/aromatic N) is 1. The van der Waals surface area contributed by atoms with Gasteiger partial charge in [0.15, 0.2) is 9.84 Å². The minimum Gasteiger partial charge on any atom is -0.380 e. The van der Waals surface area contributed by atoms with Crippen molar-refractivity contribution in [3.05, 3.63) is 59.4 Å². The van der Waals surface area contributed by atoms with Crippen molar-refractivity contribution in [1.29, 1.82) is 0 Å². The third kappa shape index (κ3) is 8.33. The van der Waals surface area contributed by atoms with Crippen molar-refractivity contribution in [2.75, 3.05) is 31.2 Å². The van der Waals surface area contributed by atoms with Gasteiger partial charge in [0, 0.05) is 30.6 Å². The maximum Gasteiger partial charge on any atom is 0.254 e. The van der Waals surface area contributed by atoms with Crippen LogP contribution in [0.2, 0.25) is 0 Å². The summed E-state index contributed by atoms with van der Waals surface area (Å²) >= 11 is 0. The number of benzene rings is 2. The fraction of sp³-hybridized carbons (Fsp3) is 0.481. The normalized spacial score (nSPS) is 14.9. The van der Waals surface area contributed by atoms with Crippen LogP contribution in [0.25, 0.3) is 0 Å². The van der Waals surface area contributed by atoms with Gasteiger partial charge in [0.2, 0.25) is 5.91 Å². The molecule has 0 atom stereocenters. The number of aryl methyl sites for hydroxylation is 1. The fourth-order valence-corrected chi connectivity index (χ4v) is 4.47. The summed E-state index contributed by atoms with van der Waals surface area (Å²) < 4.78 is 37.2. The van der Waals surface area contributed by atoms with Gasteiger partial charge in [0.05, 0.1) is 17.0 Å². The highest BCUT2D eigenvalue weighted by atomic mass is 32.2. The molecule has 0 bridgehead atoms. The first-order valence-corrected chi connectivity index (χ1v) is 14.2. The molecule has 198 valence electrons. The van der Waals surface area contributed by atoms with Gasteiger partial charge in [0.1, 0.15) is 5.82 Å². The molecule has 0 unspecified atom stereocenters. The van der Waals surface area contributed by atoms with E-state index in [9.17, 15) is 22.4 Å². The Bertz CT molecular complexity index is 1140. The van der Waals surface area contributed by atoms with Crippen LogP contribution in [0.5, 0.6) is 0 Å². The van der Waals surface area contributed by atoms with Crippen LogP contribution in [0, 0.1) is 5.82 Å². The SMILES string of the molecule is CCC.CCc1ccc(F)c(C(=O)NCC(=O)N2CCC(C)(Nc3ccc(S(C)(=O)=O)cc3)CC2)c1. The van der Waals surface area contributed by atoms with Crippen molar-refractivity contribution in [2.24, 2.45) is 0 Å². The Morgan fingerprint density at radius 2 is 1.61 bits per heavy atom. The average molecular weight is 520 g/mol. The zero-order valence-corrected chi connectivity index (χ0v) is 22.7. The molecule has 1 aliphatic heterocycles. The molecule has 7 nitrogen and oxygen atoms in total. The van der Waals surface area contributed by atoms with E-state index >= 15 is 0 Å². The second kappa shape index (κ2) is 12.9. The summed E-state index contributed by atoms with van der Waals surface area (Å²) in [5, 5.41) is 5.97. The quantitative estimate of drug-likeness (QED) is 0.564. The zero-order valence-electron chi connectivity index (χ0n) is 21.9. The third-order valence-electron chi connectivity index (χ3n) is 6.03. The summed E-state index contributed by atoms with van der Waals surface area (Å²) in [5.41, 5.74) is 1.35. The van der Waals surface area contributed by atoms with Gasteiger partial charge >= 0.3 is 0 Å². The van der Waals surface area contributed by atoms with Crippen LogP contribution in [0.3, 0.4) is 0 Å². The monoisotopic (exact) mass is 519 g/mol. The van der Waals surface area contributed by atoms with E-state index in [0.717, 1.165) is 11.3 Å². The largest absolute Gasteiger partial charge is 0.380 e. The summed E-state index contributed by atoms with van der Waals surface area (Å²) in [5.74, 6) is -1.42. The molecule has 2 aromatic carbocycles. The van der Waals surface area contributed by atoms with Crippen LogP contribution >= 0.6 is 0 Å². The van der Waals surface area contributed by atoms with Gasteiger partial charge in [-0.1, -0.05) is 33.3 Å². The number of hydrogen-bond acceptors (Lipinski definition) is 5. The number of sulfone groups is 1. The van der Waals surface area contributed by atoms with E-state index in [0.29, 0.717) is 32.4 Å². The van der Waals surface area contributed by atoms with E-state index in [4.69, 9.17) is 0 Å². The topological polar surface area (TPSA) is 95.6 Å². The maximum atomic E-state index is 14.0. The van der Waals surface area contributed by atoms with Crippen molar-refractivity contribution in [3.8, 4) is 0 Å². The van der Waals surface area contributed by atoms with Crippen molar-refractivity contribution in [1.82, 2.24) is 10.2 Å². The highest BCUT2D eigenvalue weighted by Crippen LogP contribution is 2.27. The van der Waals surface area contributed by atoms with Crippen molar-refractivity contribution in [3.63, 3.8) is 0 Å². The number of amides is 2. The number of hydrogen-bond donors (Lipinski definition) is 2. The molecule has 0 radical (unpaired) electrons. The molecule has 0 aromatic heterocycles. The Morgan fingerprint density at radius 1 is 1.03 bits per heavy atom. The van der Waals surface area contributed by atoms with Crippen LogP contribution in [-0.4, -0.2) is 56.6 Å². The average Bonchev–Trinajstić information content (AvgIpc) is 2.83. The molecule has 1 saturated heterocycles. The number of anilines is 1. The van der Waals surface area contributed by atoms with E-state index in [1.54, 1.807) is 35.2 Å². The molecular weight excluding hydrogens is 481 g/mol. The number of halogens is 1. The molecule has 1 heterocycles. The lowest BCUT2D eigenvalue weighted by atomic mass is 9.89. The van der Waals surface area contributed by atoms with Gasteiger partial charge in [-0.2, -0.15) is 0 Å². The van der Waals surface area contributed by atoms with E-state index in [-0.39, 0.29) is 28.4 Å². The number of likely N-dealkylation sites (tertiary alicyclic amines) is 1. The van der Waals surface area contributed by atoms with Gasteiger partial charge in [-0.3, -0.25) is 9.59 Å². The molecule has 3 rings (SSSR count). The van der Waals surface area contributed by atoms with Crippen molar-refractivity contribution < 1.29 is 22.4 Å². The maximum absolute atomic E-state index is 14.0. The van der Waals surface area contributed by atoms with E-state index < -0.39 is 21.6 Å². The van der Waals surface area contributed by atoms with Gasteiger partial charge in [-0.15, -0.1) is 0 Å². The number of nitrogens with one attached hydrogen (secondary N) is 2. The summed E-state index contributed by atoms with van der Waals surface area (Å²) in [7, 11) is -3.24. The summed E-state index contributed by atoms with van der Waals surface area (Å²) in [6.07, 6.45) is 4.48. The van der Waals surface area contributed by atoms with Crippen LogP contribution in [-0.2, 0) is 21.1 Å². The molecule has 2 aromatic rings. The van der Waals surface area contributed by atoms with E-state index in [2.05, 4.69) is 31.4 Å². The molecular formula is C27H38FN3O4S. The minimum atomic E-state index is -3.24. The molecule has 36 heavy (non-hydrogen) atoms. The Kier molecular flexibility index (Phi) is 10.5. The van der Waals surface area contributed by atoms with Gasteiger partial charge in [-0.25, -0.2) is 12.8 Å². The molecule has 2 N–H and O–H groups in total. The lowest BCUT2D eigenvalue weighted by Gasteiger charge is -2.40. The Morgan fingerprint density at radius 3 is 2.14 bits per heavy atom. The summed E-state index contributed by atoms with van der Waals surface area (Å²) in [6.45, 7) is 9.07. The Hall–Kier alpha value is -2.94. The number of rotatable bonds is 7. The van der Waals surface area contributed by atoms with E-state index in [1.165, 1.54) is 24.8 Å². The predicted octanol–water partition coefficient (Wildman–Crippen LogP) is 4.43. The smallest absolute Gasteiger partial charge is 0.254 e. The van der Waals surface area contributed by atoms with Crippen LogP contribution in [0.1, 0.15) is 62.9 Å². The number of carbonyl (C=O) groups is 2. The number of piperidine rings is 1. The first kappa shape index (κ1) is 29.3. The van der Waals surface area contributed by atoms with Crippen LogP contribution in [0.15, 0.2) is 47.4 Å². The van der Waals surface area contributed by atoms with Gasteiger partial charge in [0.25, 0.3) is 5.91 Å². The lowest BCUT2D eigenvalue weighted by Crippen LogP contribution is -2.51. The zero-order chi connectivity index (χ0) is 26.9. The molecule has 1 aliphatic rings. The number of carbonyl (C=O) groups excluding carboxylic acids is 2. The van der Waals surface area contributed by atoms with Gasteiger partial charge in [-0.05, 0) is 68.1 Å². The first-order valence-electron chi connectivity index (χ1n) is 12.3. The van der Waals surface area contributed by atoms with Crippen LogP contribution < -0.4 is 10.6 Å².